The Bertz CT molecular complexity index is 758. The van der Waals surface area contributed by atoms with Gasteiger partial charge in [-0.3, -0.25) is 8.98 Å². The normalized spacial score (nSPS) is 25.6. The highest BCUT2D eigenvalue weighted by Gasteiger charge is 2.48. The van der Waals surface area contributed by atoms with E-state index in [2.05, 4.69) is 6.92 Å². The molecule has 1 aliphatic heterocycles. The molecule has 0 N–H and O–H groups in total. The van der Waals surface area contributed by atoms with Gasteiger partial charge in [0.25, 0.3) is 10.1 Å². The van der Waals surface area contributed by atoms with Crippen molar-refractivity contribution in [2.45, 2.75) is 38.0 Å². The third kappa shape index (κ3) is 4.07. The minimum atomic E-state index is -3.47. The maximum atomic E-state index is 13.4. The van der Waals surface area contributed by atoms with Crippen LogP contribution < -0.4 is 0 Å². The summed E-state index contributed by atoms with van der Waals surface area (Å²) in [7, 11) is -3.47. The van der Waals surface area contributed by atoms with Gasteiger partial charge in [0.05, 0.1) is 18.3 Å². The van der Waals surface area contributed by atoms with Crippen molar-refractivity contribution in [1.82, 2.24) is 4.90 Å². The molecule has 1 saturated heterocycles. The van der Waals surface area contributed by atoms with Crippen LogP contribution in [0, 0.1) is 11.8 Å². The number of nitrogens with zero attached hydrogens (tertiary/aromatic N) is 1. The van der Waals surface area contributed by atoms with E-state index in [4.69, 9.17) is 15.8 Å². The molecule has 0 unspecified atom stereocenters. The summed E-state index contributed by atoms with van der Waals surface area (Å²) in [5, 5.41) is 0.667. The molecule has 1 heterocycles. The molecule has 2 fully saturated rings. The zero-order valence-corrected chi connectivity index (χ0v) is 16.9. The first-order chi connectivity index (χ1) is 12.2. The lowest BCUT2D eigenvalue weighted by Crippen LogP contribution is -2.55. The SMILES string of the molecule is C[C@@H]1CCN(C(=O)C2(c3ccc(Cl)cc3)CCC2)C[C@H]1COS(C)(=O)=O. The lowest BCUT2D eigenvalue weighted by molar-refractivity contribution is -0.143. The largest absolute Gasteiger partial charge is 0.342 e. The number of amides is 1. The number of likely N-dealkylation sites (tertiary alicyclic amines) is 1. The fourth-order valence-corrected chi connectivity index (χ4v) is 4.54. The molecule has 5 nitrogen and oxygen atoms in total. The smallest absolute Gasteiger partial charge is 0.264 e. The number of hydrogen-bond donors (Lipinski definition) is 0. The van der Waals surface area contributed by atoms with Crippen molar-refractivity contribution in [3.8, 4) is 0 Å². The molecule has 0 radical (unpaired) electrons. The Balaban J connectivity index is 1.74. The van der Waals surface area contributed by atoms with Gasteiger partial charge in [-0.1, -0.05) is 37.1 Å². The van der Waals surface area contributed by atoms with E-state index in [0.29, 0.717) is 24.0 Å². The van der Waals surface area contributed by atoms with Crippen molar-refractivity contribution in [1.29, 1.82) is 0 Å². The summed E-state index contributed by atoms with van der Waals surface area (Å²) in [4.78, 5) is 15.3. The predicted molar refractivity (Wildman–Crippen MR) is 102 cm³/mol. The fraction of sp³-hybridized carbons (Fsp3) is 0.632. The maximum absolute atomic E-state index is 13.4. The van der Waals surface area contributed by atoms with Crippen LogP contribution in [0.15, 0.2) is 24.3 Å². The van der Waals surface area contributed by atoms with Crippen molar-refractivity contribution >= 4 is 27.6 Å². The molecule has 1 aliphatic carbocycles. The van der Waals surface area contributed by atoms with Crippen molar-refractivity contribution in [3.63, 3.8) is 0 Å². The summed E-state index contributed by atoms with van der Waals surface area (Å²) in [6, 6.07) is 7.59. The van der Waals surface area contributed by atoms with Crippen molar-refractivity contribution in [2.24, 2.45) is 11.8 Å². The molecule has 7 heteroatoms. The molecule has 1 saturated carbocycles. The highest BCUT2D eigenvalue weighted by Crippen LogP contribution is 2.46. The van der Waals surface area contributed by atoms with Crippen molar-refractivity contribution < 1.29 is 17.4 Å². The van der Waals surface area contributed by atoms with Crippen LogP contribution in [0.25, 0.3) is 0 Å². The minimum Gasteiger partial charge on any atom is -0.342 e. The molecule has 26 heavy (non-hydrogen) atoms. The zero-order valence-electron chi connectivity index (χ0n) is 15.3. The Hall–Kier alpha value is -1.11. The molecule has 1 aromatic rings. The fourth-order valence-electron chi connectivity index (χ4n) is 3.99. The van der Waals surface area contributed by atoms with E-state index >= 15 is 0 Å². The molecule has 0 bridgehead atoms. The molecule has 2 aliphatic rings. The van der Waals surface area contributed by atoms with E-state index in [0.717, 1.165) is 37.5 Å². The lowest BCUT2D eigenvalue weighted by atomic mass is 9.63. The van der Waals surface area contributed by atoms with Crippen LogP contribution in [-0.4, -0.2) is 45.2 Å². The van der Waals surface area contributed by atoms with E-state index in [-0.39, 0.29) is 18.4 Å². The molecule has 3 rings (SSSR count). The van der Waals surface area contributed by atoms with Gasteiger partial charge >= 0.3 is 0 Å². The van der Waals surface area contributed by atoms with Gasteiger partial charge < -0.3 is 4.90 Å². The Morgan fingerprint density at radius 1 is 1.31 bits per heavy atom. The summed E-state index contributed by atoms with van der Waals surface area (Å²) < 4.78 is 27.6. The number of rotatable bonds is 5. The zero-order chi connectivity index (χ0) is 18.9. The van der Waals surface area contributed by atoms with Gasteiger partial charge in [-0.15, -0.1) is 0 Å². The first-order valence-electron chi connectivity index (χ1n) is 9.11. The van der Waals surface area contributed by atoms with Crippen LogP contribution in [0.2, 0.25) is 5.02 Å². The first kappa shape index (κ1) is 19.6. The van der Waals surface area contributed by atoms with Crippen molar-refractivity contribution in [3.05, 3.63) is 34.9 Å². The Morgan fingerprint density at radius 3 is 2.50 bits per heavy atom. The van der Waals surface area contributed by atoms with Crippen LogP contribution in [0.3, 0.4) is 0 Å². The average molecular weight is 400 g/mol. The second kappa shape index (κ2) is 7.49. The number of piperidine rings is 1. The summed E-state index contributed by atoms with van der Waals surface area (Å²) in [5.74, 6) is 0.515. The van der Waals surface area contributed by atoms with E-state index < -0.39 is 15.5 Å². The van der Waals surface area contributed by atoms with Gasteiger partial charge in [0.1, 0.15) is 0 Å². The summed E-state index contributed by atoms with van der Waals surface area (Å²) >= 11 is 6.00. The number of benzene rings is 1. The Labute approximate surface area is 160 Å². The molecule has 144 valence electrons. The van der Waals surface area contributed by atoms with Crippen LogP contribution >= 0.6 is 11.6 Å². The number of hydrogen-bond acceptors (Lipinski definition) is 4. The van der Waals surface area contributed by atoms with Gasteiger partial charge in [-0.25, -0.2) is 0 Å². The second-order valence-electron chi connectivity index (χ2n) is 7.71. The van der Waals surface area contributed by atoms with Gasteiger partial charge in [-0.2, -0.15) is 8.42 Å². The topological polar surface area (TPSA) is 63.7 Å². The summed E-state index contributed by atoms with van der Waals surface area (Å²) in [5.41, 5.74) is 0.577. The standard InChI is InChI=1S/C19H26ClNO4S/c1-14-8-11-21(12-15(14)13-25-26(2,23)24)18(22)19(9-3-10-19)16-4-6-17(20)7-5-16/h4-7,14-15H,3,8-13H2,1-2H3/t14-,15+/m1/s1. The van der Waals surface area contributed by atoms with Gasteiger partial charge in [0, 0.05) is 24.0 Å². The van der Waals surface area contributed by atoms with Crippen molar-refractivity contribution in [2.75, 3.05) is 26.0 Å². The molecular weight excluding hydrogens is 374 g/mol. The number of carbonyl (C=O) groups excluding carboxylic acids is 1. The highest BCUT2D eigenvalue weighted by molar-refractivity contribution is 7.85. The molecule has 0 aromatic heterocycles. The second-order valence-corrected chi connectivity index (χ2v) is 9.79. The monoisotopic (exact) mass is 399 g/mol. The van der Waals surface area contributed by atoms with Gasteiger partial charge in [-0.05, 0) is 42.9 Å². The predicted octanol–water partition coefficient (Wildman–Crippen LogP) is 3.22. The molecular formula is C19H26ClNO4S. The number of carbonyl (C=O) groups is 1. The average Bonchev–Trinajstić information content (AvgIpc) is 2.54. The van der Waals surface area contributed by atoms with Crippen LogP contribution in [0.5, 0.6) is 0 Å². The van der Waals surface area contributed by atoms with E-state index in [9.17, 15) is 13.2 Å². The van der Waals surface area contributed by atoms with Crippen LogP contribution in [0.1, 0.15) is 38.2 Å². The lowest BCUT2D eigenvalue weighted by Gasteiger charge is -2.47. The summed E-state index contributed by atoms with van der Waals surface area (Å²) in [6.45, 7) is 3.49. The van der Waals surface area contributed by atoms with Gasteiger partial charge in [0.2, 0.25) is 5.91 Å². The van der Waals surface area contributed by atoms with E-state index in [1.807, 2.05) is 29.2 Å². The van der Waals surface area contributed by atoms with Crippen LogP contribution in [-0.2, 0) is 24.5 Å². The number of halogens is 1. The van der Waals surface area contributed by atoms with Crippen LogP contribution in [0.4, 0.5) is 0 Å². The van der Waals surface area contributed by atoms with Gasteiger partial charge in [0.15, 0.2) is 0 Å². The maximum Gasteiger partial charge on any atom is 0.264 e. The summed E-state index contributed by atoms with van der Waals surface area (Å²) in [6.07, 6.45) is 4.67. The minimum absolute atomic E-state index is 0.0322. The van der Waals surface area contributed by atoms with E-state index in [1.54, 1.807) is 0 Å². The molecule has 1 aromatic carbocycles. The molecule has 1 amide bonds. The third-order valence-corrected chi connectivity index (χ3v) is 6.73. The molecule has 2 atom stereocenters. The van der Waals surface area contributed by atoms with E-state index in [1.165, 1.54) is 0 Å². The molecule has 0 spiro atoms. The highest BCUT2D eigenvalue weighted by atomic mass is 35.5. The quantitative estimate of drug-likeness (QED) is 0.713. The first-order valence-corrected chi connectivity index (χ1v) is 11.3. The Kier molecular flexibility index (Phi) is 5.66. The Morgan fingerprint density at radius 2 is 1.96 bits per heavy atom. The third-order valence-electron chi connectivity index (χ3n) is 5.91.